The third-order valence-corrected chi connectivity index (χ3v) is 0. The summed E-state index contributed by atoms with van der Waals surface area (Å²) in [5.74, 6) is -1.85. The minimum Gasteiger partial charge on any atom is -0.884 e. The van der Waals surface area contributed by atoms with Gasteiger partial charge < -0.3 is 10.0 Å². The minimum absolute atomic E-state index is 0. The van der Waals surface area contributed by atoms with Crippen LogP contribution in [0.25, 0.3) is 0 Å². The number of rotatable bonds is 0. The molecule has 0 aliphatic rings. The summed E-state index contributed by atoms with van der Waals surface area (Å²) in [7, 11) is 0. The molecule has 0 fully saturated rings. The summed E-state index contributed by atoms with van der Waals surface area (Å²) in [6.07, 6.45) is 0. The Morgan fingerprint density at radius 3 is 1.40 bits per heavy atom. The van der Waals surface area contributed by atoms with Gasteiger partial charge in [0.1, 0.15) is 0 Å². The van der Waals surface area contributed by atoms with Gasteiger partial charge in [-0.25, -0.2) is 15.8 Å². The zero-order valence-electron chi connectivity index (χ0n) is 2.48. The molecule has 0 heterocycles. The van der Waals surface area contributed by atoms with Crippen molar-refractivity contribution in [2.24, 2.45) is 0 Å². The molecule has 0 amide bonds. The largest absolute Gasteiger partial charge is 2.00 e. The maximum Gasteiger partial charge on any atom is 2.00 e. The number of hydrogen-bond donors (Lipinski definition) is 0. The van der Waals surface area contributed by atoms with Crippen LogP contribution in [-0.2, 0) is 0 Å². The molecule has 5 heteroatoms. The average molecular weight is 260 g/mol. The molecular formula is BBaBrO2. The molecule has 0 aliphatic carbocycles. The van der Waals surface area contributed by atoms with E-state index in [1.165, 1.54) is 0 Å². The van der Waals surface area contributed by atoms with Gasteiger partial charge in [-0.2, -0.15) is 0 Å². The Morgan fingerprint density at radius 2 is 1.40 bits per heavy atom. The van der Waals surface area contributed by atoms with Gasteiger partial charge in [-0.3, -0.25) is 0 Å². The van der Waals surface area contributed by atoms with Gasteiger partial charge >= 0.3 is 48.9 Å². The molecule has 0 atom stereocenters. The summed E-state index contributed by atoms with van der Waals surface area (Å²) in [5.41, 5.74) is 0. The van der Waals surface area contributed by atoms with Crippen LogP contribution in [0.5, 0.6) is 0 Å². The second-order valence-corrected chi connectivity index (χ2v) is 1.02. The molecule has 0 radical (unpaired) electrons. The molecule has 0 spiro atoms. The van der Waals surface area contributed by atoms with Gasteiger partial charge in [-0.1, -0.05) is 0 Å². The van der Waals surface area contributed by atoms with Gasteiger partial charge in [0, 0.05) is 0 Å². The number of hydrogen-bond acceptors (Lipinski definition) is 2. The van der Waals surface area contributed by atoms with E-state index in [0.29, 0.717) is 0 Å². The van der Waals surface area contributed by atoms with Crippen LogP contribution in [0.4, 0.5) is 0 Å². The first-order valence-electron chi connectivity index (χ1n) is 0.690. The third-order valence-electron chi connectivity index (χ3n) is 0. The second kappa shape index (κ2) is 6.04. The molecule has 0 unspecified atom stereocenters. The van der Waals surface area contributed by atoms with Crippen molar-refractivity contribution in [2.45, 2.75) is 0 Å². The fraction of sp³-hybridized carbons (Fsp3) is 0. The predicted octanol–water partition coefficient (Wildman–Crippen LogP) is -2.29. The van der Waals surface area contributed by atoms with Crippen LogP contribution >= 0.6 is 15.8 Å². The Labute approximate surface area is 79.1 Å². The Hall–Kier alpha value is 2.04. The van der Waals surface area contributed by atoms with E-state index in [1.54, 1.807) is 0 Å². The van der Waals surface area contributed by atoms with Crippen molar-refractivity contribution < 1.29 is 10.0 Å². The Bertz CT molecular complexity index is 14.4. The van der Waals surface area contributed by atoms with Crippen LogP contribution < -0.4 is 10.0 Å². The Morgan fingerprint density at radius 1 is 1.40 bits per heavy atom. The molecule has 2 nitrogen and oxygen atoms in total. The van der Waals surface area contributed by atoms with Crippen LogP contribution in [-0.4, -0.2) is 54.8 Å². The topological polar surface area (TPSA) is 46.1 Å². The maximum atomic E-state index is 8.89. The molecule has 0 saturated carbocycles. The minimum atomic E-state index is -1.85. The molecule has 0 bridgehead atoms. The molecule has 0 aromatic carbocycles. The average Bonchev–Trinajstić information content (AvgIpc) is 0.811. The van der Waals surface area contributed by atoms with Crippen molar-refractivity contribution in [3.8, 4) is 0 Å². The second-order valence-electron chi connectivity index (χ2n) is 0.274. The fourth-order valence-electron chi connectivity index (χ4n) is 0. The van der Waals surface area contributed by atoms with Crippen LogP contribution in [0.1, 0.15) is 0 Å². The van der Waals surface area contributed by atoms with Gasteiger partial charge in [0.15, 0.2) is 0 Å². The van der Waals surface area contributed by atoms with Crippen LogP contribution in [0.15, 0.2) is 0 Å². The van der Waals surface area contributed by atoms with Crippen molar-refractivity contribution in [3.05, 3.63) is 0 Å². The smallest absolute Gasteiger partial charge is 0.884 e. The van der Waals surface area contributed by atoms with Crippen molar-refractivity contribution in [1.82, 2.24) is 0 Å². The van der Waals surface area contributed by atoms with E-state index in [2.05, 4.69) is 15.8 Å². The van der Waals surface area contributed by atoms with E-state index in [4.69, 9.17) is 10.0 Å². The summed E-state index contributed by atoms with van der Waals surface area (Å²) in [4.78, 5) is 0. The van der Waals surface area contributed by atoms with E-state index < -0.39 is 5.94 Å². The normalized spacial score (nSPS) is 5.40. The monoisotopic (exact) mass is 260 g/mol. The quantitative estimate of drug-likeness (QED) is 0.460. The summed E-state index contributed by atoms with van der Waals surface area (Å²) in [6, 6.07) is 0. The Balaban J connectivity index is 0. The van der Waals surface area contributed by atoms with Gasteiger partial charge in [-0.05, 0) is 5.94 Å². The standard InChI is InChI=1S/BBrO2.Ba/c2-1(3)4;/q-2;+2. The van der Waals surface area contributed by atoms with Gasteiger partial charge in [-0.15, -0.1) is 0 Å². The predicted molar refractivity (Wildman–Crippen MR) is 20.4 cm³/mol. The fourth-order valence-corrected chi connectivity index (χ4v) is 0. The molecule has 0 aliphatic heterocycles. The first-order valence-corrected chi connectivity index (χ1v) is 1.61. The van der Waals surface area contributed by atoms with Crippen LogP contribution in [0.3, 0.4) is 0 Å². The van der Waals surface area contributed by atoms with Crippen molar-refractivity contribution in [3.63, 3.8) is 0 Å². The summed E-state index contributed by atoms with van der Waals surface area (Å²) in [6.45, 7) is 0. The molecule has 0 saturated heterocycles. The van der Waals surface area contributed by atoms with E-state index >= 15 is 0 Å². The molecule has 0 N–H and O–H groups in total. The first kappa shape index (κ1) is 10.1. The SMILES string of the molecule is [Ba+2].[O-]B([O-])Br. The molecular weight excluding hydrogens is 260 g/mol. The van der Waals surface area contributed by atoms with Crippen molar-refractivity contribution in [2.75, 3.05) is 0 Å². The number of halogens is 1. The summed E-state index contributed by atoms with van der Waals surface area (Å²) in [5, 5.41) is 17.8. The van der Waals surface area contributed by atoms with E-state index in [1.807, 2.05) is 0 Å². The molecule has 0 rings (SSSR count). The van der Waals surface area contributed by atoms with E-state index in [9.17, 15) is 0 Å². The van der Waals surface area contributed by atoms with Crippen molar-refractivity contribution >= 4 is 70.6 Å². The van der Waals surface area contributed by atoms with Gasteiger partial charge in [0.25, 0.3) is 0 Å². The zero-order chi connectivity index (χ0) is 3.58. The van der Waals surface area contributed by atoms with E-state index in [0.717, 1.165) is 0 Å². The molecule has 0 aromatic rings. The summed E-state index contributed by atoms with van der Waals surface area (Å²) >= 11 is 2.16. The molecule has 0 aromatic heterocycles. The molecule has 5 heavy (non-hydrogen) atoms. The van der Waals surface area contributed by atoms with Crippen LogP contribution in [0.2, 0.25) is 0 Å². The van der Waals surface area contributed by atoms with Crippen molar-refractivity contribution in [1.29, 1.82) is 0 Å². The van der Waals surface area contributed by atoms with E-state index in [-0.39, 0.29) is 48.9 Å². The van der Waals surface area contributed by atoms with Crippen LogP contribution in [0, 0.1) is 0 Å². The van der Waals surface area contributed by atoms with Gasteiger partial charge in [0.2, 0.25) is 0 Å². The Kier molecular flexibility index (Phi) is 12.2. The summed E-state index contributed by atoms with van der Waals surface area (Å²) < 4.78 is 0. The third kappa shape index (κ3) is 23.7. The molecule has 24 valence electrons. The maximum absolute atomic E-state index is 8.89. The van der Waals surface area contributed by atoms with Gasteiger partial charge in [0.05, 0.1) is 0 Å². The zero-order valence-corrected chi connectivity index (χ0v) is 8.51. The first-order chi connectivity index (χ1) is 1.73.